The van der Waals surface area contributed by atoms with Crippen LogP contribution in [0.25, 0.3) is 6.08 Å². The Labute approximate surface area is 168 Å². The van der Waals surface area contributed by atoms with Gasteiger partial charge in [-0.15, -0.1) is 0 Å². The van der Waals surface area contributed by atoms with Gasteiger partial charge >= 0.3 is 6.03 Å². The topological polar surface area (TPSA) is 57.7 Å². The molecule has 0 radical (unpaired) electrons. The molecule has 142 valence electrons. The monoisotopic (exact) mass is 382 g/mol. The van der Waals surface area contributed by atoms with Crippen LogP contribution in [0.4, 0.5) is 16.2 Å². The second kappa shape index (κ2) is 7.56. The molecule has 1 fully saturated rings. The Morgan fingerprint density at radius 3 is 1.52 bits per heavy atom. The molecular weight excluding hydrogens is 364 g/mol. The zero-order chi connectivity index (χ0) is 20.4. The number of hydrogen-bond donors (Lipinski definition) is 0. The van der Waals surface area contributed by atoms with E-state index in [-0.39, 0.29) is 5.57 Å². The number of nitrogens with zero attached hydrogens (tertiary/aromatic N) is 2. The van der Waals surface area contributed by atoms with Crippen molar-refractivity contribution in [3.05, 3.63) is 102 Å². The molecule has 0 spiro atoms. The van der Waals surface area contributed by atoms with E-state index >= 15 is 0 Å². The van der Waals surface area contributed by atoms with Crippen LogP contribution in [0.2, 0.25) is 0 Å². The Morgan fingerprint density at radius 2 is 1.07 bits per heavy atom. The number of aryl methyl sites for hydroxylation is 1. The van der Waals surface area contributed by atoms with Gasteiger partial charge in [-0.05, 0) is 42.8 Å². The van der Waals surface area contributed by atoms with Gasteiger partial charge < -0.3 is 0 Å². The molecular formula is C24H18N2O3. The largest absolute Gasteiger partial charge is 0.343 e. The maximum absolute atomic E-state index is 13.2. The van der Waals surface area contributed by atoms with Gasteiger partial charge in [0, 0.05) is 0 Å². The van der Waals surface area contributed by atoms with Crippen LogP contribution in [0, 0.1) is 6.92 Å². The third-order valence-corrected chi connectivity index (χ3v) is 4.67. The van der Waals surface area contributed by atoms with Crippen LogP contribution in [0.15, 0.2) is 90.5 Å². The number of anilines is 2. The summed E-state index contributed by atoms with van der Waals surface area (Å²) in [4.78, 5) is 41.6. The summed E-state index contributed by atoms with van der Waals surface area (Å²) in [5.41, 5.74) is 2.53. The second-order valence-electron chi connectivity index (χ2n) is 6.70. The van der Waals surface area contributed by atoms with Crippen LogP contribution in [0.1, 0.15) is 11.1 Å². The Kier molecular flexibility index (Phi) is 4.79. The first-order chi connectivity index (χ1) is 14.1. The summed E-state index contributed by atoms with van der Waals surface area (Å²) in [5.74, 6) is -1.28. The molecule has 0 atom stereocenters. The van der Waals surface area contributed by atoms with E-state index in [9.17, 15) is 14.4 Å². The number of carbonyl (C=O) groups excluding carboxylic acids is 3. The van der Waals surface area contributed by atoms with Gasteiger partial charge in [0.1, 0.15) is 5.57 Å². The lowest BCUT2D eigenvalue weighted by molar-refractivity contribution is -0.121. The quantitative estimate of drug-likeness (QED) is 0.492. The van der Waals surface area contributed by atoms with Gasteiger partial charge in [-0.2, -0.15) is 0 Å². The van der Waals surface area contributed by atoms with E-state index in [0.29, 0.717) is 16.9 Å². The molecule has 1 aliphatic rings. The number of benzene rings is 3. The van der Waals surface area contributed by atoms with Gasteiger partial charge in [-0.1, -0.05) is 66.2 Å². The summed E-state index contributed by atoms with van der Waals surface area (Å²) in [6, 6.07) is 24.0. The SMILES string of the molecule is Cc1ccc(C=C2C(=O)N(c3ccccc3)C(=O)N(c3ccccc3)C2=O)cc1. The standard InChI is InChI=1S/C24H18N2O3/c1-17-12-14-18(15-13-17)16-21-22(27)25(19-8-4-2-5-9-19)24(29)26(23(21)28)20-10-6-3-7-11-20/h2-16H,1H3. The van der Waals surface area contributed by atoms with Gasteiger partial charge in [-0.3, -0.25) is 9.59 Å². The smallest absolute Gasteiger partial charge is 0.268 e. The number of hydrogen-bond acceptors (Lipinski definition) is 3. The molecule has 1 saturated heterocycles. The maximum atomic E-state index is 13.2. The van der Waals surface area contributed by atoms with Crippen LogP contribution >= 0.6 is 0 Å². The third kappa shape index (κ3) is 3.46. The van der Waals surface area contributed by atoms with Gasteiger partial charge in [0.2, 0.25) is 0 Å². The van der Waals surface area contributed by atoms with E-state index in [4.69, 9.17) is 0 Å². The highest BCUT2D eigenvalue weighted by atomic mass is 16.2. The zero-order valence-electron chi connectivity index (χ0n) is 15.8. The maximum Gasteiger partial charge on any atom is 0.343 e. The highest BCUT2D eigenvalue weighted by molar-refractivity contribution is 6.46. The first-order valence-electron chi connectivity index (χ1n) is 9.17. The summed E-state index contributed by atoms with van der Waals surface area (Å²) < 4.78 is 0. The average molecular weight is 382 g/mol. The number of carbonyl (C=O) groups is 3. The van der Waals surface area contributed by atoms with Gasteiger partial charge in [0.25, 0.3) is 11.8 Å². The highest BCUT2D eigenvalue weighted by Crippen LogP contribution is 2.29. The normalized spacial score (nSPS) is 14.4. The van der Waals surface area contributed by atoms with E-state index in [2.05, 4.69) is 0 Å². The molecule has 4 rings (SSSR count). The van der Waals surface area contributed by atoms with Crippen molar-refractivity contribution in [1.29, 1.82) is 0 Å². The number of urea groups is 1. The van der Waals surface area contributed by atoms with Crippen molar-refractivity contribution in [2.75, 3.05) is 9.80 Å². The molecule has 0 unspecified atom stereocenters. The molecule has 0 saturated carbocycles. The second-order valence-corrected chi connectivity index (χ2v) is 6.70. The summed E-state index contributed by atoms with van der Waals surface area (Å²) in [6.07, 6.45) is 1.53. The van der Waals surface area contributed by atoms with Crippen molar-refractivity contribution in [3.8, 4) is 0 Å². The summed E-state index contributed by atoms with van der Waals surface area (Å²) in [6.45, 7) is 1.96. The van der Waals surface area contributed by atoms with Gasteiger partial charge in [0.05, 0.1) is 11.4 Å². The first kappa shape index (κ1) is 18.4. The van der Waals surface area contributed by atoms with Gasteiger partial charge in [0.15, 0.2) is 0 Å². The van der Waals surface area contributed by atoms with E-state index < -0.39 is 17.8 Å². The molecule has 1 aliphatic heterocycles. The average Bonchev–Trinajstić information content (AvgIpc) is 2.74. The van der Waals surface area contributed by atoms with Crippen molar-refractivity contribution in [2.45, 2.75) is 6.92 Å². The Morgan fingerprint density at radius 1 is 0.621 bits per heavy atom. The summed E-state index contributed by atoms with van der Waals surface area (Å²) >= 11 is 0. The highest BCUT2D eigenvalue weighted by Gasteiger charge is 2.43. The lowest BCUT2D eigenvalue weighted by Gasteiger charge is -2.33. The third-order valence-electron chi connectivity index (χ3n) is 4.67. The number of amides is 4. The molecule has 0 N–H and O–H groups in total. The minimum atomic E-state index is -0.696. The molecule has 0 aromatic heterocycles. The van der Waals surface area contributed by atoms with Crippen molar-refractivity contribution in [2.24, 2.45) is 0 Å². The summed E-state index contributed by atoms with van der Waals surface area (Å²) in [5, 5.41) is 0. The van der Waals surface area contributed by atoms with E-state index in [1.165, 1.54) is 6.08 Å². The fraction of sp³-hybridized carbons (Fsp3) is 0.0417. The van der Waals surface area contributed by atoms with E-state index in [1.807, 2.05) is 31.2 Å². The van der Waals surface area contributed by atoms with E-state index in [1.54, 1.807) is 60.7 Å². The number of barbiturate groups is 1. The minimum Gasteiger partial charge on any atom is -0.268 e. The predicted octanol–water partition coefficient (Wildman–Crippen LogP) is 4.58. The molecule has 4 amide bonds. The number of imide groups is 2. The van der Waals surface area contributed by atoms with E-state index in [0.717, 1.165) is 15.4 Å². The fourth-order valence-electron chi connectivity index (χ4n) is 3.17. The Hall–Kier alpha value is -3.99. The molecule has 0 bridgehead atoms. The Balaban J connectivity index is 1.86. The molecule has 29 heavy (non-hydrogen) atoms. The van der Waals surface area contributed by atoms with Crippen molar-refractivity contribution in [3.63, 3.8) is 0 Å². The molecule has 3 aromatic carbocycles. The lowest BCUT2D eigenvalue weighted by Crippen LogP contribution is -2.57. The van der Waals surface area contributed by atoms with Crippen LogP contribution in [-0.2, 0) is 9.59 Å². The molecule has 0 aliphatic carbocycles. The molecule has 5 nitrogen and oxygen atoms in total. The zero-order valence-corrected chi connectivity index (χ0v) is 15.8. The predicted molar refractivity (Wildman–Crippen MR) is 112 cm³/mol. The van der Waals surface area contributed by atoms with Crippen molar-refractivity contribution >= 4 is 35.3 Å². The number of rotatable bonds is 3. The van der Waals surface area contributed by atoms with Gasteiger partial charge in [-0.25, -0.2) is 14.6 Å². The van der Waals surface area contributed by atoms with Crippen LogP contribution in [-0.4, -0.2) is 17.8 Å². The Bertz CT molecular complexity index is 1040. The molecule has 1 heterocycles. The van der Waals surface area contributed by atoms with Crippen LogP contribution < -0.4 is 9.80 Å². The first-order valence-corrected chi connectivity index (χ1v) is 9.17. The van der Waals surface area contributed by atoms with Crippen LogP contribution in [0.5, 0.6) is 0 Å². The molecule has 3 aromatic rings. The summed E-state index contributed by atoms with van der Waals surface area (Å²) in [7, 11) is 0. The molecule has 5 heteroatoms. The minimum absolute atomic E-state index is 0.0684. The van der Waals surface area contributed by atoms with Crippen molar-refractivity contribution < 1.29 is 14.4 Å². The number of para-hydroxylation sites is 2. The van der Waals surface area contributed by atoms with Crippen molar-refractivity contribution in [1.82, 2.24) is 0 Å². The fourth-order valence-corrected chi connectivity index (χ4v) is 3.17. The van der Waals surface area contributed by atoms with Crippen LogP contribution in [0.3, 0.4) is 0 Å². The lowest BCUT2D eigenvalue weighted by atomic mass is 10.0.